The number of aromatic nitrogens is 2. The first-order valence-corrected chi connectivity index (χ1v) is 10.3. The van der Waals surface area contributed by atoms with Gasteiger partial charge in [-0.1, -0.05) is 34.8 Å². The summed E-state index contributed by atoms with van der Waals surface area (Å²) in [7, 11) is 0. The number of esters is 1. The van der Waals surface area contributed by atoms with Crippen molar-refractivity contribution in [3.63, 3.8) is 0 Å². The summed E-state index contributed by atoms with van der Waals surface area (Å²) in [4.78, 5) is 29.6. The minimum Gasteiger partial charge on any atom is -0.490 e. The zero-order chi connectivity index (χ0) is 23.5. The monoisotopic (exact) mass is 514 g/mol. The predicted molar refractivity (Wildman–Crippen MR) is 112 cm³/mol. The Bertz CT molecular complexity index is 1060. The van der Waals surface area contributed by atoms with Gasteiger partial charge in [-0.25, -0.2) is 4.79 Å². The molecule has 0 atom stereocenters. The second-order valence-corrected chi connectivity index (χ2v) is 7.79. The molecule has 0 saturated carbocycles. The number of piperazine rings is 1. The molecule has 32 heavy (non-hydrogen) atoms. The summed E-state index contributed by atoms with van der Waals surface area (Å²) in [5.41, 5.74) is -0.581. The summed E-state index contributed by atoms with van der Waals surface area (Å²) in [6, 6.07) is 2.78. The molecule has 0 spiro atoms. The zero-order valence-corrected chi connectivity index (χ0v) is 18.5. The number of carbonyl (C=O) groups excluding carboxylic acids is 1. The maximum Gasteiger partial charge on any atom is 0.491 e. The second-order valence-electron chi connectivity index (χ2n) is 6.57. The van der Waals surface area contributed by atoms with Gasteiger partial charge >= 0.3 is 12.1 Å². The number of hydrogen-bond acceptors (Lipinski definition) is 7. The van der Waals surface area contributed by atoms with Gasteiger partial charge in [0.15, 0.2) is 5.82 Å². The van der Waals surface area contributed by atoms with Crippen LogP contribution in [0.25, 0.3) is 0 Å². The van der Waals surface area contributed by atoms with Crippen LogP contribution in [0.5, 0.6) is 11.6 Å². The number of alkyl halides is 3. The van der Waals surface area contributed by atoms with Gasteiger partial charge in [-0.05, 0) is 6.07 Å². The Morgan fingerprint density at radius 3 is 2.44 bits per heavy atom. The smallest absolute Gasteiger partial charge is 0.490 e. The predicted octanol–water partition coefficient (Wildman–Crippen LogP) is 3.16. The molecule has 1 aliphatic heterocycles. The van der Waals surface area contributed by atoms with Gasteiger partial charge in [0, 0.05) is 32.2 Å². The van der Waals surface area contributed by atoms with Crippen molar-refractivity contribution in [1.29, 1.82) is 0 Å². The van der Waals surface area contributed by atoms with Gasteiger partial charge in [-0.2, -0.15) is 18.2 Å². The standard InChI is InChI=1S/C18H16Cl3F3N4O4/c19-10-7-12(21)13(8-11(10)20)31-6-5-28-9-14(32-17(30)18(22,23)24)26-15(16(28)29)27-3-1-25-2-4-27/h7-9,25H,1-6H2. The SMILES string of the molecule is O=C(Oc1cn(CCOc2cc(Cl)c(Cl)cc2Cl)c(=O)c(N2CCNCC2)n1)C(F)(F)F. The average Bonchev–Trinajstić information content (AvgIpc) is 2.73. The fourth-order valence-electron chi connectivity index (χ4n) is 2.82. The summed E-state index contributed by atoms with van der Waals surface area (Å²) in [5.74, 6) is -3.03. The highest BCUT2D eigenvalue weighted by molar-refractivity contribution is 6.43. The maximum absolute atomic E-state index is 12.9. The Morgan fingerprint density at radius 2 is 1.78 bits per heavy atom. The summed E-state index contributed by atoms with van der Waals surface area (Å²) in [6.07, 6.45) is -4.30. The molecule has 1 aromatic heterocycles. The third-order valence-corrected chi connectivity index (χ3v) is 5.36. The third-order valence-electron chi connectivity index (χ3n) is 4.34. The van der Waals surface area contributed by atoms with Crippen molar-refractivity contribution in [2.24, 2.45) is 0 Å². The van der Waals surface area contributed by atoms with E-state index in [1.54, 1.807) is 4.90 Å². The largest absolute Gasteiger partial charge is 0.491 e. The van der Waals surface area contributed by atoms with Crippen molar-refractivity contribution < 1.29 is 27.4 Å². The highest BCUT2D eigenvalue weighted by atomic mass is 35.5. The van der Waals surface area contributed by atoms with Crippen LogP contribution in [0.3, 0.4) is 0 Å². The zero-order valence-electron chi connectivity index (χ0n) is 16.2. The van der Waals surface area contributed by atoms with Crippen LogP contribution in [0.15, 0.2) is 23.1 Å². The van der Waals surface area contributed by atoms with E-state index in [1.807, 2.05) is 0 Å². The van der Waals surface area contributed by atoms with E-state index in [-0.39, 0.29) is 39.8 Å². The van der Waals surface area contributed by atoms with E-state index in [9.17, 15) is 22.8 Å². The number of halogens is 6. The number of nitrogens with zero attached hydrogens (tertiary/aromatic N) is 3. The summed E-state index contributed by atoms with van der Waals surface area (Å²) in [6.45, 7) is 1.69. The van der Waals surface area contributed by atoms with Crippen LogP contribution >= 0.6 is 34.8 Å². The van der Waals surface area contributed by atoms with Crippen molar-refractivity contribution in [2.45, 2.75) is 12.7 Å². The first kappa shape index (κ1) is 24.4. The highest BCUT2D eigenvalue weighted by Gasteiger charge is 2.42. The Kier molecular flexibility index (Phi) is 7.75. The molecule has 0 aliphatic carbocycles. The Labute approximate surface area is 194 Å². The molecule has 1 N–H and O–H groups in total. The van der Waals surface area contributed by atoms with Gasteiger partial charge in [-0.15, -0.1) is 0 Å². The number of hydrogen-bond donors (Lipinski definition) is 1. The van der Waals surface area contributed by atoms with Crippen LogP contribution in [-0.2, 0) is 11.3 Å². The molecular weight excluding hydrogens is 500 g/mol. The molecule has 1 saturated heterocycles. The fraction of sp³-hybridized carbons (Fsp3) is 0.389. The van der Waals surface area contributed by atoms with Gasteiger partial charge in [0.25, 0.3) is 5.56 Å². The third kappa shape index (κ3) is 5.97. The minimum absolute atomic E-state index is 0.102. The van der Waals surface area contributed by atoms with E-state index in [0.29, 0.717) is 26.2 Å². The lowest BCUT2D eigenvalue weighted by Crippen LogP contribution is -2.46. The Morgan fingerprint density at radius 1 is 1.12 bits per heavy atom. The number of anilines is 1. The quantitative estimate of drug-likeness (QED) is 0.467. The van der Waals surface area contributed by atoms with Gasteiger partial charge in [0.2, 0.25) is 5.88 Å². The van der Waals surface area contributed by atoms with Crippen LogP contribution in [-0.4, -0.2) is 54.5 Å². The molecule has 0 unspecified atom stereocenters. The number of rotatable bonds is 6. The lowest BCUT2D eigenvalue weighted by Gasteiger charge is -2.28. The first-order valence-electron chi connectivity index (χ1n) is 9.19. The number of ether oxygens (including phenoxy) is 2. The fourth-order valence-corrected chi connectivity index (χ4v) is 3.41. The van der Waals surface area contributed by atoms with E-state index in [1.165, 1.54) is 12.1 Å². The number of benzene rings is 1. The van der Waals surface area contributed by atoms with E-state index >= 15 is 0 Å². The van der Waals surface area contributed by atoms with Gasteiger partial charge < -0.3 is 24.3 Å². The molecule has 14 heteroatoms. The second kappa shape index (κ2) is 10.2. The summed E-state index contributed by atoms with van der Waals surface area (Å²) >= 11 is 17.8. The van der Waals surface area contributed by atoms with Crippen molar-refractivity contribution in [3.05, 3.63) is 43.8 Å². The summed E-state index contributed by atoms with van der Waals surface area (Å²) < 4.78 is 48.8. The molecule has 0 amide bonds. The molecule has 0 radical (unpaired) electrons. The number of carbonyl (C=O) groups is 1. The van der Waals surface area contributed by atoms with E-state index in [2.05, 4.69) is 15.0 Å². The molecule has 1 fully saturated rings. The van der Waals surface area contributed by atoms with Gasteiger partial charge in [-0.3, -0.25) is 4.79 Å². The lowest BCUT2D eigenvalue weighted by molar-refractivity contribution is -0.190. The average molecular weight is 516 g/mol. The topological polar surface area (TPSA) is 85.7 Å². The molecular formula is C18H16Cl3F3N4O4. The molecule has 1 aromatic carbocycles. The van der Waals surface area contributed by atoms with Crippen molar-refractivity contribution >= 4 is 46.6 Å². The van der Waals surface area contributed by atoms with Crippen LogP contribution in [0.1, 0.15) is 0 Å². The van der Waals surface area contributed by atoms with E-state index < -0.39 is 23.6 Å². The van der Waals surface area contributed by atoms with Gasteiger partial charge in [0.05, 0.1) is 27.8 Å². The van der Waals surface area contributed by atoms with Crippen molar-refractivity contribution in [1.82, 2.24) is 14.9 Å². The van der Waals surface area contributed by atoms with Crippen LogP contribution in [0.2, 0.25) is 15.1 Å². The van der Waals surface area contributed by atoms with Crippen molar-refractivity contribution in [3.8, 4) is 11.6 Å². The van der Waals surface area contributed by atoms with E-state index in [4.69, 9.17) is 39.5 Å². The Balaban J connectivity index is 1.84. The highest BCUT2D eigenvalue weighted by Crippen LogP contribution is 2.33. The molecule has 1 aliphatic rings. The Hall–Kier alpha value is -2.21. The molecule has 174 valence electrons. The summed E-state index contributed by atoms with van der Waals surface area (Å²) in [5, 5.41) is 3.70. The first-order chi connectivity index (χ1) is 15.1. The van der Waals surface area contributed by atoms with Crippen LogP contribution in [0.4, 0.5) is 19.0 Å². The molecule has 0 bridgehead atoms. The van der Waals surface area contributed by atoms with Gasteiger partial charge in [0.1, 0.15) is 12.4 Å². The number of nitrogens with one attached hydrogen (secondary N) is 1. The van der Waals surface area contributed by atoms with Crippen LogP contribution < -0.4 is 25.2 Å². The van der Waals surface area contributed by atoms with Crippen LogP contribution in [0, 0.1) is 0 Å². The van der Waals surface area contributed by atoms with E-state index in [0.717, 1.165) is 10.8 Å². The minimum atomic E-state index is -5.22. The maximum atomic E-state index is 12.9. The van der Waals surface area contributed by atoms with Crippen molar-refractivity contribution in [2.75, 3.05) is 37.7 Å². The molecule has 2 aromatic rings. The molecule has 2 heterocycles. The molecule has 8 nitrogen and oxygen atoms in total. The lowest BCUT2D eigenvalue weighted by atomic mass is 10.3. The normalized spacial score (nSPS) is 14.4. The molecule has 3 rings (SSSR count).